The molecule has 0 aliphatic heterocycles. The lowest BCUT2D eigenvalue weighted by molar-refractivity contribution is 0.452. The van der Waals surface area contributed by atoms with Gasteiger partial charge in [0.25, 0.3) is 0 Å². The van der Waals surface area contributed by atoms with Gasteiger partial charge in [-0.25, -0.2) is 4.21 Å². The SMILES string of the molecule is O=S(O)c1ccc(-c2ccc(O)cc2O)cc1. The van der Waals surface area contributed by atoms with E-state index in [9.17, 15) is 9.32 Å². The molecule has 0 spiro atoms. The Morgan fingerprint density at radius 2 is 1.59 bits per heavy atom. The van der Waals surface area contributed by atoms with Gasteiger partial charge in [-0.3, -0.25) is 0 Å². The molecular formula is C12H10O4S. The first-order valence-corrected chi connectivity index (χ1v) is 5.92. The summed E-state index contributed by atoms with van der Waals surface area (Å²) in [4.78, 5) is 0.298. The van der Waals surface area contributed by atoms with Crippen LogP contribution in [0.4, 0.5) is 0 Å². The van der Waals surface area contributed by atoms with Crippen LogP contribution in [0.1, 0.15) is 0 Å². The second-order valence-electron chi connectivity index (χ2n) is 3.47. The molecule has 0 aromatic heterocycles. The topological polar surface area (TPSA) is 77.8 Å². The number of rotatable bonds is 2. The van der Waals surface area contributed by atoms with E-state index < -0.39 is 11.1 Å². The molecule has 2 rings (SSSR count). The van der Waals surface area contributed by atoms with E-state index in [1.54, 1.807) is 18.2 Å². The molecule has 0 fully saturated rings. The van der Waals surface area contributed by atoms with Gasteiger partial charge in [0.1, 0.15) is 11.5 Å². The van der Waals surface area contributed by atoms with Gasteiger partial charge in [-0.15, -0.1) is 0 Å². The van der Waals surface area contributed by atoms with Crippen LogP contribution in [0.3, 0.4) is 0 Å². The third-order valence-corrected chi connectivity index (χ3v) is 3.02. The minimum atomic E-state index is -2.01. The third-order valence-electron chi connectivity index (χ3n) is 2.35. The van der Waals surface area contributed by atoms with E-state index in [0.717, 1.165) is 0 Å². The predicted molar refractivity (Wildman–Crippen MR) is 64.2 cm³/mol. The van der Waals surface area contributed by atoms with Gasteiger partial charge < -0.3 is 14.8 Å². The zero-order valence-corrected chi connectivity index (χ0v) is 9.52. The van der Waals surface area contributed by atoms with Crippen molar-refractivity contribution < 1.29 is 19.0 Å². The minimum absolute atomic E-state index is 0.0145. The van der Waals surface area contributed by atoms with Gasteiger partial charge in [-0.05, 0) is 29.8 Å². The van der Waals surface area contributed by atoms with Gasteiger partial charge in [-0.2, -0.15) is 0 Å². The van der Waals surface area contributed by atoms with E-state index in [4.69, 9.17) is 9.66 Å². The number of phenols is 2. The van der Waals surface area contributed by atoms with E-state index in [1.807, 2.05) is 0 Å². The summed E-state index contributed by atoms with van der Waals surface area (Å²) in [6, 6.07) is 10.6. The van der Waals surface area contributed by atoms with Crippen molar-refractivity contribution in [2.75, 3.05) is 0 Å². The molecule has 0 bridgehead atoms. The summed E-state index contributed by atoms with van der Waals surface area (Å²) in [5.41, 5.74) is 1.26. The lowest BCUT2D eigenvalue weighted by Gasteiger charge is -2.05. The highest BCUT2D eigenvalue weighted by Crippen LogP contribution is 2.32. The zero-order chi connectivity index (χ0) is 12.4. The quantitative estimate of drug-likeness (QED) is 0.715. The second kappa shape index (κ2) is 4.57. The summed E-state index contributed by atoms with van der Waals surface area (Å²) in [7, 11) is 0. The second-order valence-corrected chi connectivity index (χ2v) is 4.44. The Morgan fingerprint density at radius 3 is 2.12 bits per heavy atom. The van der Waals surface area contributed by atoms with Gasteiger partial charge in [0.2, 0.25) is 0 Å². The van der Waals surface area contributed by atoms with Crippen molar-refractivity contribution >= 4 is 11.1 Å². The molecule has 0 amide bonds. The number of aromatic hydroxyl groups is 2. The van der Waals surface area contributed by atoms with Crippen LogP contribution in [0.15, 0.2) is 47.4 Å². The van der Waals surface area contributed by atoms with Gasteiger partial charge in [0.15, 0.2) is 11.1 Å². The van der Waals surface area contributed by atoms with Crippen LogP contribution in [0, 0.1) is 0 Å². The Labute approximate surface area is 100 Å². The molecule has 0 saturated heterocycles. The molecule has 5 heteroatoms. The summed E-state index contributed by atoms with van der Waals surface area (Å²) in [5, 5.41) is 18.8. The molecule has 2 aromatic rings. The average molecular weight is 250 g/mol. The molecule has 2 aromatic carbocycles. The molecule has 1 unspecified atom stereocenters. The molecule has 0 aliphatic rings. The van der Waals surface area contributed by atoms with E-state index >= 15 is 0 Å². The molecule has 17 heavy (non-hydrogen) atoms. The van der Waals surface area contributed by atoms with Gasteiger partial charge in [0.05, 0.1) is 4.90 Å². The maximum Gasteiger partial charge on any atom is 0.186 e. The van der Waals surface area contributed by atoms with E-state index in [1.165, 1.54) is 24.3 Å². The Hall–Kier alpha value is -1.85. The number of benzene rings is 2. The number of phenolic OH excluding ortho intramolecular Hbond substituents is 2. The molecule has 0 aliphatic carbocycles. The predicted octanol–water partition coefficient (Wildman–Crippen LogP) is 2.35. The van der Waals surface area contributed by atoms with E-state index in [2.05, 4.69) is 0 Å². The molecule has 1 atom stereocenters. The number of hydrogen-bond donors (Lipinski definition) is 3. The van der Waals surface area contributed by atoms with Crippen molar-refractivity contribution in [1.82, 2.24) is 0 Å². The standard InChI is InChI=1S/C12H10O4S/c13-9-3-6-11(12(14)7-9)8-1-4-10(5-2-8)17(15)16/h1-7,13-14H,(H,15,16). The van der Waals surface area contributed by atoms with Crippen LogP contribution in [0.5, 0.6) is 11.5 Å². The Morgan fingerprint density at radius 1 is 0.941 bits per heavy atom. The van der Waals surface area contributed by atoms with Crippen molar-refractivity contribution in [3.05, 3.63) is 42.5 Å². The summed E-state index contributed by atoms with van der Waals surface area (Å²) < 4.78 is 19.7. The van der Waals surface area contributed by atoms with Crippen molar-refractivity contribution in [3.8, 4) is 22.6 Å². The molecule has 4 nitrogen and oxygen atoms in total. The smallest absolute Gasteiger partial charge is 0.186 e. The van der Waals surface area contributed by atoms with Crippen molar-refractivity contribution in [2.24, 2.45) is 0 Å². The first kappa shape index (κ1) is 11.6. The maximum absolute atomic E-state index is 10.8. The van der Waals surface area contributed by atoms with Crippen molar-refractivity contribution in [3.63, 3.8) is 0 Å². The summed E-state index contributed by atoms with van der Waals surface area (Å²) >= 11 is -2.01. The largest absolute Gasteiger partial charge is 0.508 e. The van der Waals surface area contributed by atoms with Crippen LogP contribution in [0.25, 0.3) is 11.1 Å². The van der Waals surface area contributed by atoms with Crippen LogP contribution >= 0.6 is 0 Å². The normalized spacial score (nSPS) is 12.3. The van der Waals surface area contributed by atoms with E-state index in [-0.39, 0.29) is 11.5 Å². The highest BCUT2D eigenvalue weighted by molar-refractivity contribution is 7.79. The molecule has 88 valence electrons. The van der Waals surface area contributed by atoms with Crippen molar-refractivity contribution in [2.45, 2.75) is 4.90 Å². The fourth-order valence-electron chi connectivity index (χ4n) is 1.52. The molecular weight excluding hydrogens is 240 g/mol. The Bertz CT molecular complexity index is 563. The fraction of sp³-hybridized carbons (Fsp3) is 0. The third kappa shape index (κ3) is 2.46. The molecule has 0 radical (unpaired) electrons. The summed E-state index contributed by atoms with van der Waals surface area (Å²) in [5.74, 6) is -0.0535. The highest BCUT2D eigenvalue weighted by atomic mass is 32.2. The lowest BCUT2D eigenvalue weighted by Crippen LogP contribution is -1.87. The summed E-state index contributed by atoms with van der Waals surface area (Å²) in [6.45, 7) is 0. The monoisotopic (exact) mass is 250 g/mol. The van der Waals surface area contributed by atoms with Crippen LogP contribution in [-0.2, 0) is 11.1 Å². The fourth-order valence-corrected chi connectivity index (χ4v) is 1.88. The van der Waals surface area contributed by atoms with Gasteiger partial charge >= 0.3 is 0 Å². The lowest BCUT2D eigenvalue weighted by atomic mass is 10.0. The molecule has 0 saturated carbocycles. The average Bonchev–Trinajstić information content (AvgIpc) is 2.29. The Balaban J connectivity index is 2.43. The highest BCUT2D eigenvalue weighted by Gasteiger charge is 2.06. The molecule has 3 N–H and O–H groups in total. The number of hydrogen-bond acceptors (Lipinski definition) is 3. The van der Waals surface area contributed by atoms with E-state index in [0.29, 0.717) is 16.0 Å². The zero-order valence-electron chi connectivity index (χ0n) is 8.70. The van der Waals surface area contributed by atoms with Crippen molar-refractivity contribution in [1.29, 1.82) is 0 Å². The van der Waals surface area contributed by atoms with Gasteiger partial charge in [0, 0.05) is 11.6 Å². The first-order valence-electron chi connectivity index (χ1n) is 4.81. The maximum atomic E-state index is 10.8. The molecule has 0 heterocycles. The van der Waals surface area contributed by atoms with Crippen LogP contribution in [0.2, 0.25) is 0 Å². The summed E-state index contributed by atoms with van der Waals surface area (Å²) in [6.07, 6.45) is 0. The Kier molecular flexibility index (Phi) is 3.12. The van der Waals surface area contributed by atoms with Crippen LogP contribution < -0.4 is 0 Å². The van der Waals surface area contributed by atoms with Gasteiger partial charge in [-0.1, -0.05) is 12.1 Å². The van der Waals surface area contributed by atoms with Crippen LogP contribution in [-0.4, -0.2) is 19.0 Å². The minimum Gasteiger partial charge on any atom is -0.508 e. The first-order chi connectivity index (χ1) is 8.08.